The van der Waals surface area contributed by atoms with Crippen LogP contribution >= 0.6 is 0 Å². The highest BCUT2D eigenvalue weighted by Gasteiger charge is 2.32. The number of para-hydroxylation sites is 1. The summed E-state index contributed by atoms with van der Waals surface area (Å²) in [7, 11) is 0. The van der Waals surface area contributed by atoms with Gasteiger partial charge in [0, 0.05) is 17.2 Å². The Kier molecular flexibility index (Phi) is 2.92. The highest BCUT2D eigenvalue weighted by Crippen LogP contribution is 2.45. The van der Waals surface area contributed by atoms with Crippen molar-refractivity contribution in [1.82, 2.24) is 0 Å². The standard InChI is InChI=1S/C16H12N2O3/c17-8-12-15(10-3-1-2-4-13(10)20)11-6-5-9(19)7-14(11)21-16(12)18/h1-7,15,19-20H,18H2. The van der Waals surface area contributed by atoms with E-state index < -0.39 is 5.92 Å². The largest absolute Gasteiger partial charge is 0.508 e. The number of ether oxygens (including phenoxy) is 1. The first-order valence-electron chi connectivity index (χ1n) is 6.30. The van der Waals surface area contributed by atoms with Crippen LogP contribution < -0.4 is 10.5 Å². The van der Waals surface area contributed by atoms with Crippen LogP contribution in [0.2, 0.25) is 0 Å². The minimum atomic E-state index is -0.527. The van der Waals surface area contributed by atoms with Crippen molar-refractivity contribution in [3.05, 3.63) is 65.0 Å². The lowest BCUT2D eigenvalue weighted by molar-refractivity contribution is 0.386. The van der Waals surface area contributed by atoms with Gasteiger partial charge in [0.25, 0.3) is 0 Å². The Morgan fingerprint density at radius 2 is 1.86 bits per heavy atom. The topological polar surface area (TPSA) is 99.5 Å². The Morgan fingerprint density at radius 3 is 2.57 bits per heavy atom. The number of rotatable bonds is 1. The molecule has 5 nitrogen and oxygen atoms in total. The van der Waals surface area contributed by atoms with Crippen LogP contribution in [0.15, 0.2) is 53.9 Å². The fourth-order valence-electron chi connectivity index (χ4n) is 2.50. The van der Waals surface area contributed by atoms with Gasteiger partial charge in [-0.2, -0.15) is 5.26 Å². The number of phenolic OH excluding ortho intramolecular Hbond substituents is 2. The zero-order valence-corrected chi connectivity index (χ0v) is 10.9. The Balaban J connectivity index is 2.27. The van der Waals surface area contributed by atoms with Crippen molar-refractivity contribution in [3.63, 3.8) is 0 Å². The highest BCUT2D eigenvalue weighted by atomic mass is 16.5. The van der Waals surface area contributed by atoms with Crippen molar-refractivity contribution in [1.29, 1.82) is 5.26 Å². The number of allylic oxidation sites excluding steroid dienone is 1. The van der Waals surface area contributed by atoms with E-state index in [1.165, 1.54) is 12.1 Å². The first kappa shape index (κ1) is 12.9. The molecule has 0 fully saturated rings. The van der Waals surface area contributed by atoms with Crippen LogP contribution in [-0.2, 0) is 0 Å². The zero-order chi connectivity index (χ0) is 15.0. The summed E-state index contributed by atoms with van der Waals surface area (Å²) in [5.74, 6) is -0.0638. The second-order valence-corrected chi connectivity index (χ2v) is 4.71. The van der Waals surface area contributed by atoms with Gasteiger partial charge in [0.2, 0.25) is 5.88 Å². The van der Waals surface area contributed by atoms with Gasteiger partial charge in [-0.25, -0.2) is 0 Å². The van der Waals surface area contributed by atoms with Crippen LogP contribution in [0.25, 0.3) is 0 Å². The molecule has 1 heterocycles. The molecule has 0 amide bonds. The maximum absolute atomic E-state index is 10.1. The Bertz CT molecular complexity index is 790. The van der Waals surface area contributed by atoms with Gasteiger partial charge < -0.3 is 20.7 Å². The van der Waals surface area contributed by atoms with Crippen molar-refractivity contribution in [2.45, 2.75) is 5.92 Å². The number of nitriles is 1. The average molecular weight is 280 g/mol. The zero-order valence-electron chi connectivity index (χ0n) is 10.9. The predicted octanol–water partition coefficient (Wildman–Crippen LogP) is 2.32. The molecule has 2 aromatic rings. The molecule has 1 atom stereocenters. The van der Waals surface area contributed by atoms with E-state index in [1.54, 1.807) is 30.3 Å². The normalized spacial score (nSPS) is 16.8. The second-order valence-electron chi connectivity index (χ2n) is 4.71. The Labute approximate surface area is 121 Å². The molecule has 1 aliphatic heterocycles. The van der Waals surface area contributed by atoms with E-state index in [2.05, 4.69) is 0 Å². The van der Waals surface area contributed by atoms with Gasteiger partial charge in [-0.3, -0.25) is 0 Å². The van der Waals surface area contributed by atoms with E-state index >= 15 is 0 Å². The number of nitrogens with zero attached hydrogens (tertiary/aromatic N) is 1. The van der Waals surface area contributed by atoms with Gasteiger partial charge in [-0.15, -0.1) is 0 Å². The number of phenols is 2. The van der Waals surface area contributed by atoms with Crippen LogP contribution in [0.1, 0.15) is 17.0 Å². The molecule has 104 valence electrons. The molecule has 0 saturated heterocycles. The van der Waals surface area contributed by atoms with E-state index in [1.807, 2.05) is 6.07 Å². The minimum Gasteiger partial charge on any atom is -0.508 e. The van der Waals surface area contributed by atoms with Gasteiger partial charge >= 0.3 is 0 Å². The number of hydrogen-bond acceptors (Lipinski definition) is 5. The molecule has 0 spiro atoms. The molecule has 0 radical (unpaired) electrons. The summed E-state index contributed by atoms with van der Waals surface area (Å²) in [6.07, 6.45) is 0. The first-order valence-corrected chi connectivity index (χ1v) is 6.30. The molecule has 0 aliphatic carbocycles. The minimum absolute atomic E-state index is 0.0242. The molecule has 3 rings (SSSR count). The fraction of sp³-hybridized carbons (Fsp3) is 0.0625. The second kappa shape index (κ2) is 4.76. The van der Waals surface area contributed by atoms with Gasteiger partial charge in [0.05, 0.1) is 5.92 Å². The van der Waals surface area contributed by atoms with E-state index in [0.717, 1.165) is 0 Å². The number of fused-ring (bicyclic) bond motifs is 1. The summed E-state index contributed by atoms with van der Waals surface area (Å²) in [5, 5.41) is 29.0. The summed E-state index contributed by atoms with van der Waals surface area (Å²) in [6, 6.07) is 13.4. The van der Waals surface area contributed by atoms with Crippen molar-refractivity contribution >= 4 is 0 Å². The van der Waals surface area contributed by atoms with Crippen LogP contribution in [0.5, 0.6) is 17.2 Å². The average Bonchev–Trinajstić information content (AvgIpc) is 2.46. The maximum atomic E-state index is 10.1. The Hall–Kier alpha value is -3.13. The predicted molar refractivity (Wildman–Crippen MR) is 75.5 cm³/mol. The van der Waals surface area contributed by atoms with Gasteiger partial charge in [0.1, 0.15) is 28.9 Å². The van der Waals surface area contributed by atoms with E-state index in [9.17, 15) is 15.5 Å². The maximum Gasteiger partial charge on any atom is 0.205 e. The lowest BCUT2D eigenvalue weighted by Gasteiger charge is -2.26. The smallest absolute Gasteiger partial charge is 0.205 e. The first-order chi connectivity index (χ1) is 10.1. The van der Waals surface area contributed by atoms with Crippen molar-refractivity contribution in [2.24, 2.45) is 5.73 Å². The number of benzene rings is 2. The monoisotopic (exact) mass is 280 g/mol. The highest BCUT2D eigenvalue weighted by molar-refractivity contribution is 5.59. The lowest BCUT2D eigenvalue weighted by Crippen LogP contribution is -2.21. The lowest BCUT2D eigenvalue weighted by atomic mass is 9.83. The van der Waals surface area contributed by atoms with Crippen LogP contribution in [0, 0.1) is 11.3 Å². The molecule has 1 aliphatic rings. The van der Waals surface area contributed by atoms with Gasteiger partial charge in [-0.05, 0) is 12.1 Å². The van der Waals surface area contributed by atoms with Crippen molar-refractivity contribution in [2.75, 3.05) is 0 Å². The molecular weight excluding hydrogens is 268 g/mol. The van der Waals surface area contributed by atoms with E-state index in [4.69, 9.17) is 10.5 Å². The van der Waals surface area contributed by atoms with Crippen LogP contribution in [0.3, 0.4) is 0 Å². The molecule has 1 unspecified atom stereocenters. The number of aromatic hydroxyl groups is 2. The SMILES string of the molecule is N#CC1=C(N)Oc2cc(O)ccc2C1c1ccccc1O. The molecule has 5 heteroatoms. The third-order valence-electron chi connectivity index (χ3n) is 3.45. The summed E-state index contributed by atoms with van der Waals surface area (Å²) >= 11 is 0. The van der Waals surface area contributed by atoms with E-state index in [-0.39, 0.29) is 23.0 Å². The number of nitrogens with two attached hydrogens (primary N) is 1. The summed E-state index contributed by atoms with van der Waals surface area (Å²) in [4.78, 5) is 0. The van der Waals surface area contributed by atoms with Gasteiger partial charge in [0.15, 0.2) is 0 Å². The quantitative estimate of drug-likeness (QED) is 0.744. The fourth-order valence-corrected chi connectivity index (χ4v) is 2.50. The molecule has 0 aromatic heterocycles. The van der Waals surface area contributed by atoms with Crippen molar-refractivity contribution < 1.29 is 14.9 Å². The summed E-state index contributed by atoms with van der Waals surface area (Å²) in [5.41, 5.74) is 7.26. The molecule has 4 N–H and O–H groups in total. The number of hydrogen-bond donors (Lipinski definition) is 3. The molecule has 2 aromatic carbocycles. The molecular formula is C16H12N2O3. The van der Waals surface area contributed by atoms with Crippen molar-refractivity contribution in [3.8, 4) is 23.3 Å². The van der Waals surface area contributed by atoms with Gasteiger partial charge in [-0.1, -0.05) is 24.3 Å². The third-order valence-corrected chi connectivity index (χ3v) is 3.45. The summed E-state index contributed by atoms with van der Waals surface area (Å²) in [6.45, 7) is 0. The molecule has 0 bridgehead atoms. The van der Waals surface area contributed by atoms with Crippen LogP contribution in [-0.4, -0.2) is 10.2 Å². The third kappa shape index (κ3) is 2.03. The summed E-state index contributed by atoms with van der Waals surface area (Å²) < 4.78 is 5.40. The van der Waals surface area contributed by atoms with Crippen LogP contribution in [0.4, 0.5) is 0 Å². The Morgan fingerprint density at radius 1 is 1.10 bits per heavy atom. The van der Waals surface area contributed by atoms with E-state index in [0.29, 0.717) is 16.9 Å². The molecule has 0 saturated carbocycles. The molecule has 21 heavy (non-hydrogen) atoms.